The van der Waals surface area contributed by atoms with Gasteiger partial charge in [-0.1, -0.05) is 239 Å². The first-order valence-electron chi connectivity index (χ1n) is 37.2. The number of hydrogen-bond acceptors (Lipinski definition) is 0. The molecule has 0 saturated carbocycles. The van der Waals surface area contributed by atoms with E-state index < -0.39 is 109 Å². The van der Waals surface area contributed by atoms with Crippen LogP contribution in [0.2, 0.25) is 0 Å². The van der Waals surface area contributed by atoms with Gasteiger partial charge in [0.15, 0.2) is 0 Å². The summed E-state index contributed by atoms with van der Waals surface area (Å²) in [5.74, 6) is 0. The predicted molar refractivity (Wildman–Crippen MR) is 372 cm³/mol. The molecule has 0 saturated heterocycles. The quantitative estimate of drug-likeness (QED) is 0.154. The van der Waals surface area contributed by atoms with Crippen LogP contribution in [0.25, 0.3) is 153 Å². The molecular formula is C82H55BN4. The Morgan fingerprint density at radius 1 is 0.299 bits per heavy atom. The highest BCUT2D eigenvalue weighted by Crippen LogP contribution is 2.48. The number of rotatable bonds is 2. The number of benzene rings is 13. The Morgan fingerprint density at radius 3 is 0.954 bits per heavy atom. The van der Waals surface area contributed by atoms with Gasteiger partial charge in [-0.3, -0.25) is 0 Å². The molecule has 19 rings (SSSR count). The zero-order valence-corrected chi connectivity index (χ0v) is 47.2. The van der Waals surface area contributed by atoms with Crippen molar-refractivity contribution in [2.24, 2.45) is 0 Å². The van der Waals surface area contributed by atoms with E-state index in [1.54, 1.807) is 9.13 Å². The van der Waals surface area contributed by atoms with Crippen molar-refractivity contribution in [1.29, 1.82) is 0 Å². The fourth-order valence-corrected chi connectivity index (χ4v) is 15.1. The minimum absolute atomic E-state index is 0.0330. The molecule has 406 valence electrons. The van der Waals surface area contributed by atoms with Gasteiger partial charge in [0, 0.05) is 65.8 Å². The summed E-state index contributed by atoms with van der Waals surface area (Å²) in [6.07, 6.45) is 0. The van der Waals surface area contributed by atoms with Crippen molar-refractivity contribution in [3.63, 3.8) is 0 Å². The Kier molecular flexibility index (Phi) is 7.26. The molecule has 0 N–H and O–H groups in total. The lowest BCUT2D eigenvalue weighted by molar-refractivity contribution is 0.601. The van der Waals surface area contributed by atoms with Gasteiger partial charge in [0.25, 0.3) is 6.71 Å². The fraction of sp³-hybridized carbons (Fsp3) is 0.0488. The highest BCUT2D eigenvalue weighted by Gasteiger charge is 2.42. The molecule has 2 aliphatic heterocycles. The third-order valence-electron chi connectivity index (χ3n) is 18.4. The second-order valence-electron chi connectivity index (χ2n) is 23.9. The second kappa shape index (κ2) is 17.8. The number of hydrogen-bond donors (Lipinski definition) is 0. The van der Waals surface area contributed by atoms with Crippen LogP contribution in [0.4, 0.5) is 0 Å². The van der Waals surface area contributed by atoms with Gasteiger partial charge in [0.1, 0.15) is 0 Å². The van der Waals surface area contributed by atoms with Crippen LogP contribution < -0.4 is 16.4 Å². The summed E-state index contributed by atoms with van der Waals surface area (Å²) in [7, 11) is 0. The molecule has 13 aromatic carbocycles. The van der Waals surface area contributed by atoms with E-state index in [0.29, 0.717) is 22.7 Å². The topological polar surface area (TPSA) is 19.7 Å². The minimum atomic E-state index is -0.752. The molecule has 2 aliphatic rings. The average Bonchev–Trinajstić information content (AvgIpc) is 1.57. The molecule has 0 bridgehead atoms. The van der Waals surface area contributed by atoms with Gasteiger partial charge >= 0.3 is 0 Å². The van der Waals surface area contributed by atoms with E-state index in [2.05, 4.69) is 139 Å². The van der Waals surface area contributed by atoms with Gasteiger partial charge in [-0.15, -0.1) is 0 Å². The Hall–Kier alpha value is -10.9. The molecule has 4 aromatic heterocycles. The van der Waals surface area contributed by atoms with Crippen LogP contribution >= 0.6 is 0 Å². The number of aromatic nitrogens is 4. The minimum Gasteiger partial charge on any atom is -0.310 e. The Morgan fingerprint density at radius 2 is 0.598 bits per heavy atom. The molecule has 87 heavy (non-hydrogen) atoms. The highest BCUT2D eigenvalue weighted by molar-refractivity contribution is 7.00. The van der Waals surface area contributed by atoms with Crippen LogP contribution in [0.1, 0.15) is 48.3 Å². The summed E-state index contributed by atoms with van der Waals surface area (Å²) in [5.41, 5.74) is 7.68. The maximum Gasteiger partial charge on any atom is 0.252 e. The molecule has 17 aromatic rings. The lowest BCUT2D eigenvalue weighted by Gasteiger charge is -2.38. The molecule has 5 heteroatoms. The van der Waals surface area contributed by atoms with Crippen LogP contribution in [0, 0.1) is 0 Å². The Balaban J connectivity index is 1.15. The zero-order valence-electron chi connectivity index (χ0n) is 63.2. The predicted octanol–water partition coefficient (Wildman–Crippen LogP) is 19.4. The maximum absolute atomic E-state index is 9.74. The summed E-state index contributed by atoms with van der Waals surface area (Å²) in [5, 5.41) is 11.1. The maximum atomic E-state index is 9.74. The molecule has 0 spiro atoms. The summed E-state index contributed by atoms with van der Waals surface area (Å²) in [4.78, 5) is 0. The average molecular weight is 1120 g/mol. The first-order valence-corrected chi connectivity index (χ1v) is 29.2. The van der Waals surface area contributed by atoms with Gasteiger partial charge in [0.2, 0.25) is 0 Å². The van der Waals surface area contributed by atoms with Gasteiger partial charge in [-0.2, -0.15) is 0 Å². The van der Waals surface area contributed by atoms with E-state index in [0.717, 1.165) is 109 Å². The monoisotopic (exact) mass is 1120 g/mol. The molecule has 0 amide bonds. The summed E-state index contributed by atoms with van der Waals surface area (Å²) in [6.45, 7) is 5.99. The van der Waals surface area contributed by atoms with Crippen LogP contribution in [0.15, 0.2) is 279 Å². The summed E-state index contributed by atoms with van der Waals surface area (Å²) >= 11 is 0. The lowest BCUT2D eigenvalue weighted by Crippen LogP contribution is -2.59. The van der Waals surface area contributed by atoms with Crippen LogP contribution in [0.3, 0.4) is 0 Å². The molecule has 0 radical (unpaired) electrons. The smallest absolute Gasteiger partial charge is 0.252 e. The number of fused-ring (bicyclic) bond motifs is 26. The second-order valence-corrected chi connectivity index (χ2v) is 23.9. The van der Waals surface area contributed by atoms with Crippen molar-refractivity contribution in [2.45, 2.75) is 26.2 Å². The van der Waals surface area contributed by atoms with Crippen molar-refractivity contribution < 1.29 is 21.9 Å². The highest BCUT2D eigenvalue weighted by atomic mass is 15.0. The van der Waals surface area contributed by atoms with E-state index in [-0.39, 0.29) is 43.6 Å². The Bertz CT molecular complexity index is 6520. The van der Waals surface area contributed by atoms with Gasteiger partial charge in [-0.25, -0.2) is 0 Å². The lowest BCUT2D eigenvalue weighted by atomic mass is 9.34. The van der Waals surface area contributed by atoms with Crippen molar-refractivity contribution in [3.8, 4) is 22.7 Å². The van der Waals surface area contributed by atoms with Crippen LogP contribution in [-0.2, 0) is 5.41 Å². The van der Waals surface area contributed by atoms with E-state index in [1.807, 2.05) is 72.8 Å². The third-order valence-corrected chi connectivity index (χ3v) is 18.4. The van der Waals surface area contributed by atoms with E-state index >= 15 is 0 Å². The zero-order chi connectivity index (χ0) is 71.3. The van der Waals surface area contributed by atoms with Gasteiger partial charge in [-0.05, 0) is 131 Å². The molecular weight excluding hydrogens is 1050 g/mol. The first-order chi connectivity index (χ1) is 49.5. The van der Waals surface area contributed by atoms with E-state index in [1.165, 1.54) is 0 Å². The molecule has 0 atom stereocenters. The molecule has 0 unspecified atom stereocenters. The number of para-hydroxylation sites is 6. The van der Waals surface area contributed by atoms with Crippen LogP contribution in [0.5, 0.6) is 0 Å². The van der Waals surface area contributed by atoms with E-state index in [9.17, 15) is 16.4 Å². The third kappa shape index (κ3) is 6.58. The molecule has 0 fully saturated rings. The standard InChI is InChI=1S/C82H55BN4/c1-82(2,3)78-76-64-36-10-8-28-56(64)52-24-4-6-26-54(52)58-30-12-22-42-72(58)86-74-48-50(84-68-38-18-14-32-60(68)61-33-15-19-39-69(61)84)44-46-66(74)83-67-47-45-51(85-70-40-20-16-34-62(70)63-35-17-21-41-71(63)85)49-75(67)87-73-43-23-13-31-59(73)55-27-7-5-25-53(55)57-29-9-11-37-65(57)77(78)81(87)79(83)80(76)86/h4-49H,1-3H3/i14D,15D,16D,17D,18D,19D,20D,21D,32D,33D,34D,35D,38D,39D,40D,41D. The fourth-order valence-electron chi connectivity index (χ4n) is 15.1. The Labute approximate surface area is 524 Å². The van der Waals surface area contributed by atoms with Crippen molar-refractivity contribution in [1.82, 2.24) is 18.3 Å². The van der Waals surface area contributed by atoms with Crippen molar-refractivity contribution >= 4 is 153 Å². The molecule has 4 nitrogen and oxygen atoms in total. The molecule has 0 aliphatic carbocycles. The summed E-state index contributed by atoms with van der Waals surface area (Å²) in [6, 6.07) is 54.4. The van der Waals surface area contributed by atoms with Crippen molar-refractivity contribution in [3.05, 3.63) is 284 Å². The van der Waals surface area contributed by atoms with E-state index in [4.69, 9.17) is 5.48 Å². The first kappa shape index (κ1) is 35.4. The van der Waals surface area contributed by atoms with Crippen molar-refractivity contribution in [2.75, 3.05) is 0 Å². The summed E-state index contributed by atoms with van der Waals surface area (Å²) < 4.78 is 157. The number of nitrogens with zero attached hydrogens (tertiary/aromatic N) is 4. The largest absolute Gasteiger partial charge is 0.310 e. The SMILES string of the molecule is [2H]c1c([2H])c([2H])c2c(c1[2H])c1c([2H])c([2H])c([2H])c([2H])c1n2-c1ccc2c(c1)-n1c3ccccc3c3ccccc3c3ccccc3c3c(C(C)(C)C)c4c5ccccc5c5ccccc5c5ccccc5n5c4c(c31)B2c1ccc(-n2c3c([2H])c([2H])c([2H])c([2H])c3c3c([2H])c([2H])c([2H])c([2H])c32)cc1-5. The normalized spacial score (nSPS) is 15.3. The van der Waals surface area contributed by atoms with Gasteiger partial charge < -0.3 is 18.3 Å². The van der Waals surface area contributed by atoms with Gasteiger partial charge in [0.05, 0.1) is 66.1 Å². The van der Waals surface area contributed by atoms with Crippen LogP contribution in [-0.4, -0.2) is 25.0 Å². The molecule has 6 heterocycles.